The highest BCUT2D eigenvalue weighted by atomic mass is 32.2. The van der Waals surface area contributed by atoms with Crippen molar-refractivity contribution in [3.05, 3.63) is 0 Å². The number of rotatable bonds is 4. The van der Waals surface area contributed by atoms with Gasteiger partial charge in [-0.25, -0.2) is 9.59 Å². The van der Waals surface area contributed by atoms with E-state index in [9.17, 15) is 9.59 Å². The molecule has 0 spiro atoms. The molecule has 2 atom stereocenters. The predicted molar refractivity (Wildman–Crippen MR) is 72.9 cm³/mol. The molecule has 1 aliphatic carbocycles. The lowest BCUT2D eigenvalue weighted by Crippen LogP contribution is -2.55. The molecule has 1 rings (SSSR count). The SMILES string of the molecule is CSC1CCCC(NC(=O)NC(C)(C)C(=O)O)C1. The summed E-state index contributed by atoms with van der Waals surface area (Å²) in [6.07, 6.45) is 6.32. The topological polar surface area (TPSA) is 78.4 Å². The summed E-state index contributed by atoms with van der Waals surface area (Å²) in [4.78, 5) is 22.6. The molecular formula is C12H22N2O3S. The van der Waals surface area contributed by atoms with E-state index in [1.807, 2.05) is 11.8 Å². The lowest BCUT2D eigenvalue weighted by molar-refractivity contribution is -0.142. The van der Waals surface area contributed by atoms with E-state index in [0.29, 0.717) is 5.25 Å². The Balaban J connectivity index is 2.42. The number of aliphatic carboxylic acids is 1. The molecule has 104 valence electrons. The average molecular weight is 274 g/mol. The quantitative estimate of drug-likeness (QED) is 0.730. The fourth-order valence-corrected chi connectivity index (χ4v) is 2.88. The van der Waals surface area contributed by atoms with Gasteiger partial charge >= 0.3 is 12.0 Å². The second kappa shape index (κ2) is 6.31. The molecule has 0 radical (unpaired) electrons. The molecule has 1 aliphatic rings. The molecule has 0 aromatic heterocycles. The number of hydrogen-bond donors (Lipinski definition) is 3. The van der Waals surface area contributed by atoms with Crippen molar-refractivity contribution in [3.8, 4) is 0 Å². The first kappa shape index (κ1) is 15.1. The van der Waals surface area contributed by atoms with Gasteiger partial charge in [0.25, 0.3) is 0 Å². The first-order valence-corrected chi connectivity index (χ1v) is 7.49. The third-order valence-corrected chi connectivity index (χ3v) is 4.35. The van der Waals surface area contributed by atoms with E-state index in [0.717, 1.165) is 19.3 Å². The summed E-state index contributed by atoms with van der Waals surface area (Å²) in [5.41, 5.74) is -1.24. The molecule has 2 unspecified atom stereocenters. The maximum absolute atomic E-state index is 11.7. The van der Waals surface area contributed by atoms with Gasteiger partial charge in [-0.3, -0.25) is 0 Å². The summed E-state index contributed by atoms with van der Waals surface area (Å²) in [6.45, 7) is 2.95. The van der Waals surface area contributed by atoms with Gasteiger partial charge in [0.1, 0.15) is 5.54 Å². The first-order chi connectivity index (χ1) is 8.35. The van der Waals surface area contributed by atoms with Gasteiger partial charge in [0.15, 0.2) is 0 Å². The number of nitrogens with one attached hydrogen (secondary N) is 2. The fourth-order valence-electron chi connectivity index (χ4n) is 2.05. The predicted octanol–water partition coefficient (Wildman–Crippen LogP) is 1.82. The average Bonchev–Trinajstić information content (AvgIpc) is 2.28. The Hall–Kier alpha value is -0.910. The first-order valence-electron chi connectivity index (χ1n) is 6.20. The van der Waals surface area contributed by atoms with E-state index in [4.69, 9.17) is 5.11 Å². The van der Waals surface area contributed by atoms with Crippen LogP contribution in [0.3, 0.4) is 0 Å². The molecule has 18 heavy (non-hydrogen) atoms. The number of thioether (sulfide) groups is 1. The lowest BCUT2D eigenvalue weighted by Gasteiger charge is -2.30. The molecule has 0 aromatic rings. The summed E-state index contributed by atoms with van der Waals surface area (Å²) in [5.74, 6) is -1.04. The summed E-state index contributed by atoms with van der Waals surface area (Å²) in [5, 5.41) is 14.9. The van der Waals surface area contributed by atoms with Crippen LogP contribution in [0.25, 0.3) is 0 Å². The van der Waals surface area contributed by atoms with Crippen LogP contribution in [0.15, 0.2) is 0 Å². The standard InChI is InChI=1S/C12H22N2O3S/c1-12(2,10(15)16)14-11(17)13-8-5-4-6-9(7-8)18-3/h8-9H,4-7H2,1-3H3,(H,15,16)(H2,13,14,17). The summed E-state index contributed by atoms with van der Waals surface area (Å²) < 4.78 is 0. The normalized spacial score (nSPS) is 24.4. The highest BCUT2D eigenvalue weighted by Crippen LogP contribution is 2.26. The van der Waals surface area contributed by atoms with Crippen LogP contribution in [0.2, 0.25) is 0 Å². The highest BCUT2D eigenvalue weighted by molar-refractivity contribution is 7.99. The van der Waals surface area contributed by atoms with Gasteiger partial charge in [-0.1, -0.05) is 6.42 Å². The number of urea groups is 1. The van der Waals surface area contributed by atoms with Crippen LogP contribution >= 0.6 is 11.8 Å². The smallest absolute Gasteiger partial charge is 0.328 e. The zero-order valence-electron chi connectivity index (χ0n) is 11.2. The van der Waals surface area contributed by atoms with Crippen LogP contribution in [-0.2, 0) is 4.79 Å². The van der Waals surface area contributed by atoms with Crippen molar-refractivity contribution in [3.63, 3.8) is 0 Å². The number of carboxylic acids is 1. The molecule has 3 N–H and O–H groups in total. The van der Waals surface area contributed by atoms with Crippen LogP contribution in [0.1, 0.15) is 39.5 Å². The van der Waals surface area contributed by atoms with Crippen molar-refractivity contribution >= 4 is 23.8 Å². The highest BCUT2D eigenvalue weighted by Gasteiger charge is 2.30. The molecule has 5 nitrogen and oxygen atoms in total. The van der Waals surface area contributed by atoms with E-state index in [-0.39, 0.29) is 6.04 Å². The second-order valence-electron chi connectivity index (χ2n) is 5.25. The third-order valence-electron chi connectivity index (χ3n) is 3.26. The molecule has 6 heteroatoms. The molecule has 1 saturated carbocycles. The Kier molecular flexibility index (Phi) is 5.31. The summed E-state index contributed by atoms with van der Waals surface area (Å²) in [6, 6.07) is -0.241. The number of carboxylic acid groups (broad SMARTS) is 1. The molecule has 0 aliphatic heterocycles. The maximum atomic E-state index is 11.7. The Morgan fingerprint density at radius 1 is 1.33 bits per heavy atom. The maximum Gasteiger partial charge on any atom is 0.328 e. The van der Waals surface area contributed by atoms with E-state index in [1.54, 1.807) is 0 Å². The zero-order chi connectivity index (χ0) is 13.8. The molecule has 2 amide bonds. The molecule has 0 aromatic carbocycles. The fraction of sp³-hybridized carbons (Fsp3) is 0.833. The van der Waals surface area contributed by atoms with E-state index in [2.05, 4.69) is 16.9 Å². The van der Waals surface area contributed by atoms with Crippen LogP contribution < -0.4 is 10.6 Å². The minimum atomic E-state index is -1.24. The van der Waals surface area contributed by atoms with Gasteiger partial charge in [0.05, 0.1) is 0 Å². The number of carbonyl (C=O) groups excluding carboxylic acids is 1. The second-order valence-corrected chi connectivity index (χ2v) is 6.39. The van der Waals surface area contributed by atoms with Crippen molar-refractivity contribution < 1.29 is 14.7 Å². The Morgan fingerprint density at radius 3 is 2.56 bits per heavy atom. The van der Waals surface area contributed by atoms with Crippen molar-refractivity contribution in [2.75, 3.05) is 6.26 Å². The van der Waals surface area contributed by atoms with Crippen LogP contribution in [0, 0.1) is 0 Å². The molecule has 0 saturated heterocycles. The largest absolute Gasteiger partial charge is 0.480 e. The monoisotopic (exact) mass is 274 g/mol. The van der Waals surface area contributed by atoms with E-state index >= 15 is 0 Å². The van der Waals surface area contributed by atoms with Crippen molar-refractivity contribution in [2.24, 2.45) is 0 Å². The zero-order valence-corrected chi connectivity index (χ0v) is 12.0. The van der Waals surface area contributed by atoms with Gasteiger partial charge in [-0.2, -0.15) is 11.8 Å². The summed E-state index contributed by atoms with van der Waals surface area (Å²) in [7, 11) is 0. The van der Waals surface area contributed by atoms with Crippen LogP contribution in [-0.4, -0.2) is 40.2 Å². The van der Waals surface area contributed by atoms with Crippen molar-refractivity contribution in [2.45, 2.75) is 56.4 Å². The van der Waals surface area contributed by atoms with Gasteiger partial charge in [-0.15, -0.1) is 0 Å². The van der Waals surface area contributed by atoms with Crippen molar-refractivity contribution in [1.82, 2.24) is 10.6 Å². The Labute approximate surface area is 112 Å². The minimum absolute atomic E-state index is 0.154. The minimum Gasteiger partial charge on any atom is -0.480 e. The van der Waals surface area contributed by atoms with Crippen LogP contribution in [0.5, 0.6) is 0 Å². The van der Waals surface area contributed by atoms with Crippen LogP contribution in [0.4, 0.5) is 4.79 Å². The lowest BCUT2D eigenvalue weighted by atomic mass is 9.95. The molecular weight excluding hydrogens is 252 g/mol. The van der Waals surface area contributed by atoms with E-state index < -0.39 is 17.5 Å². The van der Waals surface area contributed by atoms with Crippen molar-refractivity contribution in [1.29, 1.82) is 0 Å². The van der Waals surface area contributed by atoms with Gasteiger partial charge in [0.2, 0.25) is 0 Å². The molecule has 0 bridgehead atoms. The van der Waals surface area contributed by atoms with Gasteiger partial charge in [0, 0.05) is 11.3 Å². The van der Waals surface area contributed by atoms with E-state index in [1.165, 1.54) is 20.3 Å². The molecule has 1 fully saturated rings. The molecule has 0 heterocycles. The Bertz CT molecular complexity index is 320. The third kappa shape index (κ3) is 4.40. The number of hydrogen-bond acceptors (Lipinski definition) is 3. The van der Waals surface area contributed by atoms with Gasteiger partial charge < -0.3 is 15.7 Å². The van der Waals surface area contributed by atoms with Gasteiger partial charge in [-0.05, 0) is 39.4 Å². The summed E-state index contributed by atoms with van der Waals surface area (Å²) >= 11 is 1.83. The Morgan fingerprint density at radius 2 is 2.00 bits per heavy atom. The number of carbonyl (C=O) groups is 2. The number of amides is 2.